The van der Waals surface area contributed by atoms with Crippen molar-refractivity contribution in [3.05, 3.63) is 65.2 Å². The van der Waals surface area contributed by atoms with Gasteiger partial charge in [-0.25, -0.2) is 4.68 Å². The van der Waals surface area contributed by atoms with Gasteiger partial charge in [0.15, 0.2) is 0 Å². The molecule has 2 aromatic carbocycles. The number of anilines is 1. The van der Waals surface area contributed by atoms with Crippen LogP contribution in [-0.4, -0.2) is 16.3 Å². The molecule has 1 aromatic heterocycles. The van der Waals surface area contributed by atoms with Gasteiger partial charge in [0, 0.05) is 17.7 Å². The first-order chi connectivity index (χ1) is 12.7. The molecule has 0 unspecified atom stereocenters. The highest BCUT2D eigenvalue weighted by Crippen LogP contribution is 2.36. The highest BCUT2D eigenvalue weighted by molar-refractivity contribution is 5.73. The number of aryl methyl sites for hydroxylation is 1. The lowest BCUT2D eigenvalue weighted by atomic mass is 10.00. The molecule has 0 spiro atoms. The van der Waals surface area contributed by atoms with Crippen LogP contribution in [0, 0.1) is 6.92 Å². The second-order valence-corrected chi connectivity index (χ2v) is 7.50. The van der Waals surface area contributed by atoms with Gasteiger partial charge in [0.05, 0.1) is 11.4 Å². The first-order valence-corrected chi connectivity index (χ1v) is 9.68. The van der Waals surface area contributed by atoms with Gasteiger partial charge in [-0.05, 0) is 49.3 Å². The van der Waals surface area contributed by atoms with Crippen LogP contribution in [0.15, 0.2) is 48.5 Å². The van der Waals surface area contributed by atoms with Crippen molar-refractivity contribution >= 4 is 5.82 Å². The smallest absolute Gasteiger partial charge is 0.133 e. The van der Waals surface area contributed by atoms with Crippen molar-refractivity contribution in [1.82, 2.24) is 9.78 Å². The standard InChI is InChI=1S/C23H27N3/c1-16(2)18-11-6-7-14-21(18)26-23-20(13-8-9-15-24-23)22(25-26)19-12-5-4-10-17(19)3/h4-7,10-12,14,16,24H,8-9,13,15H2,1-3H3. The molecule has 26 heavy (non-hydrogen) atoms. The monoisotopic (exact) mass is 345 g/mol. The molecule has 0 radical (unpaired) electrons. The third-order valence-corrected chi connectivity index (χ3v) is 5.32. The number of benzene rings is 2. The van der Waals surface area contributed by atoms with E-state index in [-0.39, 0.29) is 0 Å². The number of hydrogen-bond acceptors (Lipinski definition) is 2. The van der Waals surface area contributed by atoms with Crippen molar-refractivity contribution in [2.75, 3.05) is 11.9 Å². The van der Waals surface area contributed by atoms with Crippen LogP contribution in [0.1, 0.15) is 49.3 Å². The summed E-state index contributed by atoms with van der Waals surface area (Å²) >= 11 is 0. The Bertz CT molecular complexity index is 921. The van der Waals surface area contributed by atoms with E-state index in [1.807, 2.05) is 0 Å². The van der Waals surface area contributed by atoms with Gasteiger partial charge in [0.1, 0.15) is 5.82 Å². The summed E-state index contributed by atoms with van der Waals surface area (Å²) in [5.74, 6) is 1.63. The Morgan fingerprint density at radius 1 is 1.00 bits per heavy atom. The summed E-state index contributed by atoms with van der Waals surface area (Å²) in [6.07, 6.45) is 3.49. The van der Waals surface area contributed by atoms with Crippen molar-refractivity contribution in [1.29, 1.82) is 0 Å². The first-order valence-electron chi connectivity index (χ1n) is 9.68. The minimum Gasteiger partial charge on any atom is -0.370 e. The average Bonchev–Trinajstić information content (AvgIpc) is 2.83. The van der Waals surface area contributed by atoms with E-state index in [4.69, 9.17) is 5.10 Å². The Hall–Kier alpha value is -2.55. The Morgan fingerprint density at radius 2 is 1.77 bits per heavy atom. The number of fused-ring (bicyclic) bond motifs is 1. The van der Waals surface area contributed by atoms with Crippen molar-refractivity contribution in [2.45, 2.75) is 46.0 Å². The van der Waals surface area contributed by atoms with Gasteiger partial charge >= 0.3 is 0 Å². The topological polar surface area (TPSA) is 29.9 Å². The number of nitrogens with zero attached hydrogens (tertiary/aromatic N) is 2. The van der Waals surface area contributed by atoms with E-state index in [9.17, 15) is 0 Å². The zero-order valence-corrected chi connectivity index (χ0v) is 15.9. The minimum atomic E-state index is 0.457. The molecule has 3 nitrogen and oxygen atoms in total. The lowest BCUT2D eigenvalue weighted by Crippen LogP contribution is -2.09. The summed E-state index contributed by atoms with van der Waals surface area (Å²) < 4.78 is 2.15. The third kappa shape index (κ3) is 2.92. The normalized spacial score (nSPS) is 14.0. The number of nitrogens with one attached hydrogen (secondary N) is 1. The van der Waals surface area contributed by atoms with Crippen molar-refractivity contribution < 1.29 is 0 Å². The van der Waals surface area contributed by atoms with Crippen LogP contribution in [0.2, 0.25) is 0 Å². The summed E-state index contributed by atoms with van der Waals surface area (Å²) in [6, 6.07) is 17.2. The van der Waals surface area contributed by atoms with Gasteiger partial charge in [-0.2, -0.15) is 5.10 Å². The van der Waals surface area contributed by atoms with Crippen LogP contribution in [0.5, 0.6) is 0 Å². The fourth-order valence-electron chi connectivity index (χ4n) is 3.90. The van der Waals surface area contributed by atoms with Crippen LogP contribution in [0.4, 0.5) is 5.82 Å². The van der Waals surface area contributed by atoms with Gasteiger partial charge in [-0.3, -0.25) is 0 Å². The molecule has 0 bridgehead atoms. The summed E-state index contributed by atoms with van der Waals surface area (Å²) in [5, 5.41) is 8.80. The molecule has 0 fully saturated rings. The predicted octanol–water partition coefficient (Wildman–Crippen LogP) is 5.72. The summed E-state index contributed by atoms with van der Waals surface area (Å²) in [6.45, 7) is 7.68. The fourth-order valence-corrected chi connectivity index (χ4v) is 3.90. The highest BCUT2D eigenvalue weighted by Gasteiger charge is 2.23. The Labute approximate surface area is 156 Å². The quantitative estimate of drug-likeness (QED) is 0.658. The van der Waals surface area contributed by atoms with E-state index < -0.39 is 0 Å². The second kappa shape index (κ2) is 6.99. The van der Waals surface area contributed by atoms with Crippen LogP contribution in [0.3, 0.4) is 0 Å². The van der Waals surface area contributed by atoms with Crippen LogP contribution < -0.4 is 5.32 Å². The highest BCUT2D eigenvalue weighted by atomic mass is 15.3. The van der Waals surface area contributed by atoms with E-state index in [1.54, 1.807) is 0 Å². The molecule has 2 heterocycles. The molecule has 1 N–H and O–H groups in total. The summed E-state index contributed by atoms with van der Waals surface area (Å²) in [7, 11) is 0. The lowest BCUT2D eigenvalue weighted by Gasteiger charge is -2.15. The third-order valence-electron chi connectivity index (χ3n) is 5.32. The minimum absolute atomic E-state index is 0.457. The second-order valence-electron chi connectivity index (χ2n) is 7.50. The Kier molecular flexibility index (Phi) is 4.54. The van der Waals surface area contributed by atoms with Crippen LogP contribution >= 0.6 is 0 Å². The zero-order valence-electron chi connectivity index (χ0n) is 15.9. The van der Waals surface area contributed by atoms with Crippen molar-refractivity contribution in [3.63, 3.8) is 0 Å². The summed E-state index contributed by atoms with van der Waals surface area (Å²) in [5.41, 5.74) is 7.53. The number of para-hydroxylation sites is 1. The number of aromatic nitrogens is 2. The molecular weight excluding hydrogens is 318 g/mol. The SMILES string of the molecule is Cc1ccccc1-c1nn(-c2ccccc2C(C)C)c2c1CCCCN2. The van der Waals surface area contributed by atoms with Gasteiger partial charge in [-0.15, -0.1) is 0 Å². The maximum Gasteiger partial charge on any atom is 0.133 e. The van der Waals surface area contributed by atoms with Gasteiger partial charge < -0.3 is 5.32 Å². The predicted molar refractivity (Wildman–Crippen MR) is 109 cm³/mol. The van der Waals surface area contributed by atoms with Crippen LogP contribution in [0.25, 0.3) is 16.9 Å². The van der Waals surface area contributed by atoms with Gasteiger partial charge in [0.25, 0.3) is 0 Å². The molecule has 4 rings (SSSR count). The Morgan fingerprint density at radius 3 is 2.58 bits per heavy atom. The summed E-state index contributed by atoms with van der Waals surface area (Å²) in [4.78, 5) is 0. The molecular formula is C23H27N3. The molecule has 0 amide bonds. The molecule has 0 saturated carbocycles. The Balaban J connectivity index is 1.96. The van der Waals surface area contributed by atoms with E-state index in [2.05, 4.69) is 79.3 Å². The zero-order chi connectivity index (χ0) is 18.1. The van der Waals surface area contributed by atoms with E-state index >= 15 is 0 Å². The molecule has 3 aromatic rings. The molecule has 0 aliphatic carbocycles. The number of hydrogen-bond donors (Lipinski definition) is 1. The van der Waals surface area contributed by atoms with Crippen LogP contribution in [-0.2, 0) is 6.42 Å². The molecule has 1 aliphatic heterocycles. The fraction of sp³-hybridized carbons (Fsp3) is 0.348. The average molecular weight is 345 g/mol. The molecule has 134 valence electrons. The lowest BCUT2D eigenvalue weighted by molar-refractivity contribution is 0.776. The van der Waals surface area contributed by atoms with Crippen molar-refractivity contribution in [2.24, 2.45) is 0 Å². The molecule has 0 atom stereocenters. The molecule has 1 aliphatic rings. The molecule has 3 heteroatoms. The molecule has 0 saturated heterocycles. The van der Waals surface area contributed by atoms with E-state index in [0.29, 0.717) is 5.92 Å². The first kappa shape index (κ1) is 16.9. The van der Waals surface area contributed by atoms with Gasteiger partial charge in [-0.1, -0.05) is 56.3 Å². The van der Waals surface area contributed by atoms with E-state index in [0.717, 1.165) is 18.7 Å². The van der Waals surface area contributed by atoms with E-state index in [1.165, 1.54) is 46.6 Å². The number of rotatable bonds is 3. The maximum atomic E-state index is 5.13. The maximum absolute atomic E-state index is 5.13. The van der Waals surface area contributed by atoms with Crippen molar-refractivity contribution in [3.8, 4) is 16.9 Å². The van der Waals surface area contributed by atoms with Gasteiger partial charge in [0.2, 0.25) is 0 Å². The largest absolute Gasteiger partial charge is 0.370 e.